The van der Waals surface area contributed by atoms with Gasteiger partial charge in [0.25, 0.3) is 0 Å². The fourth-order valence-electron chi connectivity index (χ4n) is 2.92. The summed E-state index contributed by atoms with van der Waals surface area (Å²) in [6.45, 7) is 5.98. The van der Waals surface area contributed by atoms with E-state index >= 15 is 0 Å². The van der Waals surface area contributed by atoms with Gasteiger partial charge in [0.05, 0.1) is 6.33 Å². The molecule has 2 atom stereocenters. The van der Waals surface area contributed by atoms with Crippen molar-refractivity contribution < 1.29 is 18.0 Å². The highest BCUT2D eigenvalue weighted by atomic mass is 35.5. The molecule has 0 spiro atoms. The van der Waals surface area contributed by atoms with Gasteiger partial charge in [-0.05, 0) is 11.8 Å². The van der Waals surface area contributed by atoms with Gasteiger partial charge in [0.1, 0.15) is 6.42 Å². The minimum Gasteiger partial charge on any atom is -0.351 e. The number of rotatable bonds is 5. The molecule has 0 aliphatic carbocycles. The molecule has 24 heavy (non-hydrogen) atoms. The molecule has 2 heterocycles. The van der Waals surface area contributed by atoms with Crippen LogP contribution in [0.1, 0.15) is 26.0 Å². The molecule has 1 aromatic rings. The lowest BCUT2D eigenvalue weighted by molar-refractivity contribution is -0.154. The van der Waals surface area contributed by atoms with Crippen molar-refractivity contribution in [3.8, 4) is 0 Å². The molecule has 1 fully saturated rings. The van der Waals surface area contributed by atoms with Gasteiger partial charge in [-0.15, -0.1) is 24.8 Å². The van der Waals surface area contributed by atoms with Gasteiger partial charge in [-0.2, -0.15) is 13.2 Å². The van der Waals surface area contributed by atoms with E-state index in [1.54, 1.807) is 12.5 Å². The van der Waals surface area contributed by atoms with Crippen LogP contribution in [-0.2, 0) is 11.3 Å². The molecular weight excluding hydrogens is 368 g/mol. The molecule has 0 saturated carbocycles. The van der Waals surface area contributed by atoms with Crippen molar-refractivity contribution in [2.45, 2.75) is 39.0 Å². The zero-order valence-electron chi connectivity index (χ0n) is 13.5. The summed E-state index contributed by atoms with van der Waals surface area (Å²) in [5.74, 6) is -0.533. The lowest BCUT2D eigenvalue weighted by atomic mass is 9.91. The number of carbonyl (C=O) groups is 1. The molecular formula is C14H23Cl2F3N4O. The van der Waals surface area contributed by atoms with Crippen LogP contribution in [0.2, 0.25) is 0 Å². The Morgan fingerprint density at radius 2 is 2.08 bits per heavy atom. The molecule has 0 bridgehead atoms. The Balaban J connectivity index is 0.00000264. The number of hydrogen-bond donors (Lipinski definition) is 2. The maximum Gasteiger partial charge on any atom is 0.397 e. The number of nitrogens with one attached hydrogen (secondary N) is 2. The molecule has 0 unspecified atom stereocenters. The number of nitrogens with zero attached hydrogens (tertiary/aromatic N) is 2. The first kappa shape index (κ1) is 23.0. The number of amides is 1. The molecule has 0 radical (unpaired) electrons. The highest BCUT2D eigenvalue weighted by molar-refractivity contribution is 5.85. The van der Waals surface area contributed by atoms with Crippen molar-refractivity contribution >= 4 is 30.7 Å². The van der Waals surface area contributed by atoms with E-state index < -0.39 is 18.5 Å². The van der Waals surface area contributed by atoms with Crippen LogP contribution < -0.4 is 5.32 Å². The van der Waals surface area contributed by atoms with Gasteiger partial charge < -0.3 is 10.3 Å². The predicted octanol–water partition coefficient (Wildman–Crippen LogP) is 2.78. The number of H-pyrrole nitrogens is 1. The summed E-state index contributed by atoms with van der Waals surface area (Å²) in [5, 5.41) is 2.55. The smallest absolute Gasteiger partial charge is 0.351 e. The van der Waals surface area contributed by atoms with E-state index in [1.807, 2.05) is 13.8 Å². The van der Waals surface area contributed by atoms with E-state index in [0.29, 0.717) is 13.1 Å². The first-order valence-corrected chi connectivity index (χ1v) is 7.30. The summed E-state index contributed by atoms with van der Waals surface area (Å²) in [6, 6.07) is -0.252. The van der Waals surface area contributed by atoms with Crippen LogP contribution in [0, 0.1) is 11.8 Å². The third kappa shape index (κ3) is 6.86. The SMILES string of the molecule is CC(C)[C@H]1CN(Cc2cnc[nH]2)C[C@@H]1NC(=O)CC(F)(F)F.Cl.Cl. The predicted molar refractivity (Wildman–Crippen MR) is 89.3 cm³/mol. The zero-order chi connectivity index (χ0) is 16.3. The van der Waals surface area contributed by atoms with Crippen molar-refractivity contribution in [2.75, 3.05) is 13.1 Å². The number of aromatic nitrogens is 2. The fraction of sp³-hybridized carbons (Fsp3) is 0.714. The van der Waals surface area contributed by atoms with Crippen molar-refractivity contribution in [3.05, 3.63) is 18.2 Å². The molecule has 1 amide bonds. The zero-order valence-corrected chi connectivity index (χ0v) is 15.1. The highest BCUT2D eigenvalue weighted by Gasteiger charge is 2.38. The number of carbonyl (C=O) groups excluding carboxylic acids is 1. The Morgan fingerprint density at radius 1 is 1.42 bits per heavy atom. The lowest BCUT2D eigenvalue weighted by Gasteiger charge is -2.23. The van der Waals surface area contributed by atoms with Crippen LogP contribution in [0.5, 0.6) is 0 Å². The Morgan fingerprint density at radius 3 is 2.58 bits per heavy atom. The van der Waals surface area contributed by atoms with E-state index in [2.05, 4.69) is 20.2 Å². The van der Waals surface area contributed by atoms with Gasteiger partial charge >= 0.3 is 6.18 Å². The topological polar surface area (TPSA) is 61.0 Å². The number of aromatic amines is 1. The van der Waals surface area contributed by atoms with Crippen molar-refractivity contribution in [3.63, 3.8) is 0 Å². The normalized spacial score (nSPS) is 21.2. The Bertz CT molecular complexity index is 497. The molecule has 2 N–H and O–H groups in total. The standard InChI is InChI=1S/C14H21F3N4O.2ClH/c1-9(2)11-6-21(5-10-4-18-8-19-10)7-12(11)20-13(22)3-14(15,16)17;;/h4,8-9,11-12H,3,5-7H2,1-2H3,(H,18,19)(H,20,22);2*1H/t11-,12+;;/m1../s1. The van der Waals surface area contributed by atoms with E-state index in [-0.39, 0.29) is 42.7 Å². The Kier molecular flexibility index (Phi) is 9.09. The number of halogens is 5. The van der Waals surface area contributed by atoms with Gasteiger partial charge in [0.2, 0.25) is 5.91 Å². The summed E-state index contributed by atoms with van der Waals surface area (Å²) >= 11 is 0. The van der Waals surface area contributed by atoms with Crippen LogP contribution in [0.25, 0.3) is 0 Å². The summed E-state index contributed by atoms with van der Waals surface area (Å²) in [5.41, 5.74) is 0.949. The van der Waals surface area contributed by atoms with E-state index in [4.69, 9.17) is 0 Å². The van der Waals surface area contributed by atoms with E-state index in [1.165, 1.54) is 0 Å². The quantitative estimate of drug-likeness (QED) is 0.812. The van der Waals surface area contributed by atoms with Crippen LogP contribution >= 0.6 is 24.8 Å². The third-order valence-electron chi connectivity index (χ3n) is 3.95. The first-order chi connectivity index (χ1) is 10.2. The molecule has 10 heteroatoms. The molecule has 1 aromatic heterocycles. The van der Waals surface area contributed by atoms with Crippen LogP contribution in [0.15, 0.2) is 12.5 Å². The maximum atomic E-state index is 12.3. The monoisotopic (exact) mass is 390 g/mol. The van der Waals surface area contributed by atoms with E-state index in [0.717, 1.165) is 12.2 Å². The number of likely N-dealkylation sites (tertiary alicyclic amines) is 1. The Labute approximate surface area is 151 Å². The minimum atomic E-state index is -4.47. The van der Waals surface area contributed by atoms with Gasteiger partial charge in [0, 0.05) is 37.6 Å². The number of imidazole rings is 1. The summed E-state index contributed by atoms with van der Waals surface area (Å²) in [4.78, 5) is 20.6. The van der Waals surface area contributed by atoms with Gasteiger partial charge in [0.15, 0.2) is 0 Å². The second-order valence-electron chi connectivity index (χ2n) is 6.14. The second-order valence-corrected chi connectivity index (χ2v) is 6.14. The molecule has 140 valence electrons. The molecule has 2 rings (SSSR count). The number of alkyl halides is 3. The van der Waals surface area contributed by atoms with Crippen molar-refractivity contribution in [1.82, 2.24) is 20.2 Å². The first-order valence-electron chi connectivity index (χ1n) is 7.30. The third-order valence-corrected chi connectivity index (χ3v) is 3.95. The molecule has 1 aliphatic heterocycles. The van der Waals surface area contributed by atoms with Gasteiger partial charge in [-0.3, -0.25) is 9.69 Å². The van der Waals surface area contributed by atoms with Crippen LogP contribution in [-0.4, -0.2) is 46.1 Å². The Hall–Kier alpha value is -0.990. The van der Waals surface area contributed by atoms with Gasteiger partial charge in [-0.25, -0.2) is 4.98 Å². The molecule has 1 aliphatic rings. The van der Waals surface area contributed by atoms with Crippen molar-refractivity contribution in [1.29, 1.82) is 0 Å². The number of hydrogen-bond acceptors (Lipinski definition) is 3. The molecule has 1 saturated heterocycles. The van der Waals surface area contributed by atoms with Crippen LogP contribution in [0.4, 0.5) is 13.2 Å². The average molecular weight is 391 g/mol. The van der Waals surface area contributed by atoms with Crippen molar-refractivity contribution in [2.24, 2.45) is 11.8 Å². The summed E-state index contributed by atoms with van der Waals surface area (Å²) in [7, 11) is 0. The largest absolute Gasteiger partial charge is 0.397 e. The van der Waals surface area contributed by atoms with Gasteiger partial charge in [-0.1, -0.05) is 13.8 Å². The van der Waals surface area contributed by atoms with Crippen LogP contribution in [0.3, 0.4) is 0 Å². The maximum absolute atomic E-state index is 12.3. The highest BCUT2D eigenvalue weighted by Crippen LogP contribution is 2.26. The lowest BCUT2D eigenvalue weighted by Crippen LogP contribution is -2.43. The summed E-state index contributed by atoms with van der Waals surface area (Å²) in [6.07, 6.45) is -2.58. The molecule has 0 aromatic carbocycles. The fourth-order valence-corrected chi connectivity index (χ4v) is 2.92. The van der Waals surface area contributed by atoms with E-state index in [9.17, 15) is 18.0 Å². The second kappa shape index (κ2) is 9.48. The molecule has 5 nitrogen and oxygen atoms in total. The average Bonchev–Trinajstić information content (AvgIpc) is 2.97. The minimum absolute atomic E-state index is 0. The summed E-state index contributed by atoms with van der Waals surface area (Å²) < 4.78 is 36.8.